The number of carbonyl (C=O) groups is 1. The monoisotopic (exact) mass is 221 g/mol. The number of aromatic nitrogens is 1. The zero-order valence-corrected chi connectivity index (χ0v) is 9.23. The van der Waals surface area contributed by atoms with Crippen molar-refractivity contribution in [3.05, 3.63) is 34.2 Å². The molecule has 4 nitrogen and oxygen atoms in total. The van der Waals surface area contributed by atoms with Crippen molar-refractivity contribution in [3.63, 3.8) is 0 Å². The van der Waals surface area contributed by atoms with Gasteiger partial charge in [-0.1, -0.05) is 13.0 Å². The fraction of sp³-hybridized carbons (Fsp3) is 0.500. The third kappa shape index (κ3) is 2.51. The summed E-state index contributed by atoms with van der Waals surface area (Å²) in [7, 11) is 0. The maximum absolute atomic E-state index is 11.2. The highest BCUT2D eigenvalue weighted by atomic mass is 16.5. The van der Waals surface area contributed by atoms with Crippen LogP contribution in [0.25, 0.3) is 0 Å². The van der Waals surface area contributed by atoms with E-state index in [4.69, 9.17) is 4.74 Å². The lowest BCUT2D eigenvalue weighted by Gasteiger charge is -2.02. The molecule has 1 aliphatic rings. The zero-order chi connectivity index (χ0) is 11.5. The Kier molecular flexibility index (Phi) is 3.08. The number of carbonyl (C=O) groups excluding carboxylic acids is 1. The maximum Gasteiger partial charge on any atom is 0.306 e. The SMILES string of the molecule is CCCC(=O)OC1CC1c1ccc(=O)[nH]c1. The molecule has 0 amide bonds. The van der Waals surface area contributed by atoms with Gasteiger partial charge in [0.2, 0.25) is 5.56 Å². The number of hydrogen-bond acceptors (Lipinski definition) is 3. The van der Waals surface area contributed by atoms with Gasteiger partial charge in [0.25, 0.3) is 0 Å². The lowest BCUT2D eigenvalue weighted by atomic mass is 10.2. The third-order valence-corrected chi connectivity index (χ3v) is 2.71. The molecule has 0 radical (unpaired) electrons. The summed E-state index contributed by atoms with van der Waals surface area (Å²) in [6.07, 6.45) is 3.86. The minimum absolute atomic E-state index is 0.00459. The van der Waals surface area contributed by atoms with E-state index in [1.807, 2.05) is 6.92 Å². The normalized spacial score (nSPS) is 22.8. The van der Waals surface area contributed by atoms with Crippen LogP contribution in [0.4, 0.5) is 0 Å². The first-order valence-electron chi connectivity index (χ1n) is 5.59. The van der Waals surface area contributed by atoms with Gasteiger partial charge in [-0.25, -0.2) is 0 Å². The molecule has 86 valence electrons. The van der Waals surface area contributed by atoms with Gasteiger partial charge in [-0.2, -0.15) is 0 Å². The minimum atomic E-state index is -0.126. The lowest BCUT2D eigenvalue weighted by molar-refractivity contribution is -0.145. The minimum Gasteiger partial charge on any atom is -0.462 e. The number of rotatable bonds is 4. The Bertz CT molecular complexity index is 418. The third-order valence-electron chi connectivity index (χ3n) is 2.71. The first kappa shape index (κ1) is 10.9. The van der Waals surface area contributed by atoms with E-state index < -0.39 is 0 Å². The summed E-state index contributed by atoms with van der Waals surface area (Å²) in [5.41, 5.74) is 0.929. The predicted molar refractivity (Wildman–Crippen MR) is 59.2 cm³/mol. The van der Waals surface area contributed by atoms with Gasteiger partial charge in [-0.3, -0.25) is 9.59 Å². The molecule has 0 spiro atoms. The van der Waals surface area contributed by atoms with E-state index in [1.165, 1.54) is 6.07 Å². The largest absolute Gasteiger partial charge is 0.462 e. The Morgan fingerprint density at radius 2 is 2.38 bits per heavy atom. The van der Waals surface area contributed by atoms with E-state index >= 15 is 0 Å². The van der Waals surface area contributed by atoms with Gasteiger partial charge >= 0.3 is 5.97 Å². The molecule has 2 unspecified atom stereocenters. The first-order valence-corrected chi connectivity index (χ1v) is 5.59. The topological polar surface area (TPSA) is 59.2 Å². The number of esters is 1. The van der Waals surface area contributed by atoms with E-state index in [0.29, 0.717) is 6.42 Å². The van der Waals surface area contributed by atoms with Crippen molar-refractivity contribution in [1.29, 1.82) is 0 Å². The molecule has 0 saturated heterocycles. The van der Waals surface area contributed by atoms with Crippen LogP contribution in [0.2, 0.25) is 0 Å². The number of nitrogens with one attached hydrogen (secondary N) is 1. The average molecular weight is 221 g/mol. The zero-order valence-electron chi connectivity index (χ0n) is 9.23. The first-order chi connectivity index (χ1) is 7.70. The van der Waals surface area contributed by atoms with Gasteiger partial charge in [0.05, 0.1) is 0 Å². The number of pyridine rings is 1. The highest BCUT2D eigenvalue weighted by Gasteiger charge is 2.41. The van der Waals surface area contributed by atoms with Crippen molar-refractivity contribution < 1.29 is 9.53 Å². The molecule has 0 aliphatic heterocycles. The summed E-state index contributed by atoms with van der Waals surface area (Å²) in [5.74, 6) is 0.136. The Morgan fingerprint density at radius 3 is 3.00 bits per heavy atom. The number of H-pyrrole nitrogens is 1. The molecule has 1 aromatic rings. The molecule has 1 heterocycles. The summed E-state index contributed by atoms with van der Waals surface area (Å²) < 4.78 is 5.27. The highest BCUT2D eigenvalue weighted by Crippen LogP contribution is 2.42. The highest BCUT2D eigenvalue weighted by molar-refractivity contribution is 5.69. The van der Waals surface area contributed by atoms with Crippen molar-refractivity contribution in [3.8, 4) is 0 Å². The number of aromatic amines is 1. The van der Waals surface area contributed by atoms with Crippen LogP contribution >= 0.6 is 0 Å². The summed E-state index contributed by atoms with van der Waals surface area (Å²) in [4.78, 5) is 24.7. The molecule has 1 fully saturated rings. The van der Waals surface area contributed by atoms with Crippen molar-refractivity contribution in [1.82, 2.24) is 4.98 Å². The van der Waals surface area contributed by atoms with Gasteiger partial charge in [0.15, 0.2) is 0 Å². The molecular weight excluding hydrogens is 206 g/mol. The lowest BCUT2D eigenvalue weighted by Crippen LogP contribution is -2.07. The molecule has 2 atom stereocenters. The van der Waals surface area contributed by atoms with Gasteiger partial charge in [0, 0.05) is 24.6 Å². The quantitative estimate of drug-likeness (QED) is 0.785. The molecule has 0 bridgehead atoms. The van der Waals surface area contributed by atoms with Crippen LogP contribution in [0.15, 0.2) is 23.1 Å². The summed E-state index contributed by atoms with van der Waals surface area (Å²) >= 11 is 0. The summed E-state index contributed by atoms with van der Waals surface area (Å²) in [5, 5.41) is 0. The van der Waals surface area contributed by atoms with Gasteiger partial charge in [0.1, 0.15) is 6.10 Å². The van der Waals surface area contributed by atoms with Crippen LogP contribution < -0.4 is 5.56 Å². The molecule has 1 aliphatic carbocycles. The second kappa shape index (κ2) is 4.51. The molecule has 0 aromatic carbocycles. The van der Waals surface area contributed by atoms with Crippen LogP contribution in [0.1, 0.15) is 37.7 Å². The van der Waals surface area contributed by atoms with Crippen LogP contribution in [0.5, 0.6) is 0 Å². The van der Waals surface area contributed by atoms with Crippen LogP contribution in [-0.4, -0.2) is 17.1 Å². The predicted octanol–water partition coefficient (Wildman–Crippen LogP) is 1.57. The number of hydrogen-bond donors (Lipinski definition) is 1. The van der Waals surface area contributed by atoms with E-state index in [2.05, 4.69) is 4.98 Å². The Hall–Kier alpha value is -1.58. The van der Waals surface area contributed by atoms with Gasteiger partial charge in [-0.05, 0) is 18.4 Å². The van der Waals surface area contributed by atoms with Gasteiger partial charge < -0.3 is 9.72 Å². The Balaban J connectivity index is 1.89. The molecular formula is C12H15NO3. The van der Waals surface area contributed by atoms with Crippen LogP contribution in [0, 0.1) is 0 Å². The molecule has 1 saturated carbocycles. The van der Waals surface area contributed by atoms with Crippen molar-refractivity contribution in [2.24, 2.45) is 0 Å². The van der Waals surface area contributed by atoms with E-state index in [1.54, 1.807) is 12.3 Å². The van der Waals surface area contributed by atoms with Crippen LogP contribution in [0.3, 0.4) is 0 Å². The van der Waals surface area contributed by atoms with Crippen molar-refractivity contribution in [2.45, 2.75) is 38.2 Å². The fourth-order valence-electron chi connectivity index (χ4n) is 1.74. The Labute approximate surface area is 93.6 Å². The van der Waals surface area contributed by atoms with Crippen molar-refractivity contribution in [2.75, 3.05) is 0 Å². The van der Waals surface area contributed by atoms with Crippen LogP contribution in [-0.2, 0) is 9.53 Å². The molecule has 1 aromatic heterocycles. The van der Waals surface area contributed by atoms with E-state index in [-0.39, 0.29) is 23.6 Å². The fourth-order valence-corrected chi connectivity index (χ4v) is 1.74. The second-order valence-electron chi connectivity index (χ2n) is 4.11. The van der Waals surface area contributed by atoms with E-state index in [0.717, 1.165) is 18.4 Å². The van der Waals surface area contributed by atoms with Crippen molar-refractivity contribution >= 4 is 5.97 Å². The van der Waals surface area contributed by atoms with E-state index in [9.17, 15) is 9.59 Å². The number of ether oxygens (including phenoxy) is 1. The molecule has 1 N–H and O–H groups in total. The molecule has 2 rings (SSSR count). The average Bonchev–Trinajstić information content (AvgIpc) is 2.98. The second-order valence-corrected chi connectivity index (χ2v) is 4.11. The standard InChI is InChI=1S/C12H15NO3/c1-2-3-12(15)16-10-6-9(10)8-4-5-11(14)13-7-8/h4-5,7,9-10H,2-3,6H2,1H3,(H,13,14). The van der Waals surface area contributed by atoms with Gasteiger partial charge in [-0.15, -0.1) is 0 Å². The Morgan fingerprint density at radius 1 is 1.56 bits per heavy atom. The molecule has 16 heavy (non-hydrogen) atoms. The summed E-state index contributed by atoms with van der Waals surface area (Å²) in [6.45, 7) is 1.95. The maximum atomic E-state index is 11.2. The summed E-state index contributed by atoms with van der Waals surface area (Å²) in [6, 6.07) is 3.29. The molecule has 4 heteroatoms. The smallest absolute Gasteiger partial charge is 0.306 e.